The monoisotopic (exact) mass is 252 g/mol. The average Bonchev–Trinajstić information content (AvgIpc) is 2.27. The molecule has 0 aliphatic carbocycles. The summed E-state index contributed by atoms with van der Waals surface area (Å²) in [6.45, 7) is 7.55. The van der Waals surface area contributed by atoms with Gasteiger partial charge in [-0.05, 0) is 36.1 Å². The lowest BCUT2D eigenvalue weighted by Gasteiger charge is -2.17. The molecule has 0 bridgehead atoms. The Morgan fingerprint density at radius 1 is 1.17 bits per heavy atom. The second kappa shape index (κ2) is 6.64. The van der Waals surface area contributed by atoms with Crippen molar-refractivity contribution in [1.82, 2.24) is 0 Å². The van der Waals surface area contributed by atoms with Crippen LogP contribution in [0.25, 0.3) is 0 Å². The third-order valence-electron chi connectivity index (χ3n) is 2.64. The van der Waals surface area contributed by atoms with Crippen molar-refractivity contribution >= 4 is 5.78 Å². The Bertz CT molecular complexity index is 376. The van der Waals surface area contributed by atoms with E-state index < -0.39 is 0 Å². The predicted octanol–water partition coefficient (Wildman–Crippen LogP) is 3.85. The summed E-state index contributed by atoms with van der Waals surface area (Å²) in [6.07, 6.45) is 1.31. The number of halogens is 1. The zero-order chi connectivity index (χ0) is 13.6. The molecule has 0 saturated heterocycles. The number of rotatable bonds is 6. The first-order valence-electron chi connectivity index (χ1n) is 6.25. The molecule has 0 radical (unpaired) electrons. The molecule has 3 heteroatoms. The van der Waals surface area contributed by atoms with Crippen LogP contribution in [0.4, 0.5) is 4.39 Å². The summed E-state index contributed by atoms with van der Waals surface area (Å²) < 4.78 is 18.1. The molecule has 0 aromatic heterocycles. The van der Waals surface area contributed by atoms with Crippen LogP contribution >= 0.6 is 0 Å². The maximum absolute atomic E-state index is 12.7. The van der Waals surface area contributed by atoms with Crippen LogP contribution in [0.3, 0.4) is 0 Å². The second-order valence-electron chi connectivity index (χ2n) is 5.60. The number of ketones is 1. The van der Waals surface area contributed by atoms with Crippen molar-refractivity contribution in [3.8, 4) is 0 Å². The zero-order valence-electron chi connectivity index (χ0n) is 11.3. The lowest BCUT2D eigenvalue weighted by atomic mass is 9.93. The van der Waals surface area contributed by atoms with Gasteiger partial charge < -0.3 is 4.74 Å². The van der Waals surface area contributed by atoms with E-state index in [0.717, 1.165) is 6.42 Å². The summed E-state index contributed by atoms with van der Waals surface area (Å²) in [5.74, 6) is -0.335. The van der Waals surface area contributed by atoms with Gasteiger partial charge in [0.25, 0.3) is 0 Å². The fourth-order valence-corrected chi connectivity index (χ4v) is 1.43. The van der Waals surface area contributed by atoms with Gasteiger partial charge in [0, 0.05) is 18.6 Å². The third kappa shape index (κ3) is 5.92. The Morgan fingerprint density at radius 3 is 2.33 bits per heavy atom. The molecule has 0 spiro atoms. The molecule has 0 atom stereocenters. The van der Waals surface area contributed by atoms with Crippen molar-refractivity contribution in [2.24, 2.45) is 5.41 Å². The summed E-state index contributed by atoms with van der Waals surface area (Å²) in [4.78, 5) is 11.7. The Balaban J connectivity index is 2.24. The van der Waals surface area contributed by atoms with E-state index in [9.17, 15) is 9.18 Å². The number of hydrogen-bond donors (Lipinski definition) is 0. The van der Waals surface area contributed by atoms with Crippen LogP contribution < -0.4 is 0 Å². The topological polar surface area (TPSA) is 26.3 Å². The van der Waals surface area contributed by atoms with Crippen molar-refractivity contribution < 1.29 is 13.9 Å². The minimum absolute atomic E-state index is 0.00856. The highest BCUT2D eigenvalue weighted by atomic mass is 19.1. The van der Waals surface area contributed by atoms with Gasteiger partial charge in [-0.15, -0.1) is 0 Å². The highest BCUT2D eigenvalue weighted by molar-refractivity contribution is 5.96. The predicted molar refractivity (Wildman–Crippen MR) is 70.2 cm³/mol. The van der Waals surface area contributed by atoms with Gasteiger partial charge in [-0.25, -0.2) is 4.39 Å². The SMILES string of the molecule is CC(C)(C)CCOCCC(=O)c1ccc(F)cc1. The van der Waals surface area contributed by atoms with E-state index in [-0.39, 0.29) is 17.0 Å². The largest absolute Gasteiger partial charge is 0.381 e. The molecule has 0 aliphatic rings. The van der Waals surface area contributed by atoms with Crippen LogP contribution in [-0.4, -0.2) is 19.0 Å². The van der Waals surface area contributed by atoms with E-state index >= 15 is 0 Å². The van der Waals surface area contributed by atoms with Crippen LogP contribution in [0, 0.1) is 11.2 Å². The average molecular weight is 252 g/mol. The van der Waals surface area contributed by atoms with Gasteiger partial charge in [0.1, 0.15) is 5.82 Å². The summed E-state index contributed by atoms with van der Waals surface area (Å²) >= 11 is 0. The number of carbonyl (C=O) groups excluding carboxylic acids is 1. The molecule has 0 N–H and O–H groups in total. The van der Waals surface area contributed by atoms with Crippen molar-refractivity contribution in [2.75, 3.05) is 13.2 Å². The van der Waals surface area contributed by atoms with Crippen molar-refractivity contribution in [3.63, 3.8) is 0 Å². The van der Waals surface area contributed by atoms with Gasteiger partial charge in [-0.3, -0.25) is 4.79 Å². The van der Waals surface area contributed by atoms with Gasteiger partial charge in [0.15, 0.2) is 5.78 Å². The van der Waals surface area contributed by atoms with Gasteiger partial charge in [-0.1, -0.05) is 20.8 Å². The smallest absolute Gasteiger partial charge is 0.165 e. The molecule has 1 aromatic carbocycles. The van der Waals surface area contributed by atoms with Gasteiger partial charge in [0.05, 0.1) is 6.61 Å². The molecule has 0 heterocycles. The standard InChI is InChI=1S/C15H21FO2/c1-15(2,3)9-11-18-10-8-14(17)12-4-6-13(16)7-5-12/h4-7H,8-11H2,1-3H3. The van der Waals surface area contributed by atoms with Crippen molar-refractivity contribution in [2.45, 2.75) is 33.6 Å². The van der Waals surface area contributed by atoms with E-state index in [4.69, 9.17) is 4.74 Å². The molecule has 1 rings (SSSR count). The Labute approximate surface area is 108 Å². The summed E-state index contributed by atoms with van der Waals surface area (Å²) in [5, 5.41) is 0. The number of benzene rings is 1. The number of hydrogen-bond acceptors (Lipinski definition) is 2. The van der Waals surface area contributed by atoms with E-state index in [0.29, 0.717) is 25.2 Å². The normalized spacial score (nSPS) is 11.6. The number of ether oxygens (including phenoxy) is 1. The lowest BCUT2D eigenvalue weighted by molar-refractivity contribution is 0.0827. The maximum atomic E-state index is 12.7. The molecular formula is C15H21FO2. The maximum Gasteiger partial charge on any atom is 0.165 e. The summed E-state index contributed by atoms with van der Waals surface area (Å²) in [5.41, 5.74) is 0.789. The Hall–Kier alpha value is -1.22. The summed E-state index contributed by atoms with van der Waals surface area (Å²) in [7, 11) is 0. The molecule has 0 saturated carbocycles. The van der Waals surface area contributed by atoms with E-state index in [1.807, 2.05) is 0 Å². The van der Waals surface area contributed by atoms with E-state index in [2.05, 4.69) is 20.8 Å². The van der Waals surface area contributed by atoms with Gasteiger partial charge >= 0.3 is 0 Å². The molecular weight excluding hydrogens is 231 g/mol. The quantitative estimate of drug-likeness (QED) is 0.568. The molecule has 18 heavy (non-hydrogen) atoms. The highest BCUT2D eigenvalue weighted by Crippen LogP contribution is 2.17. The second-order valence-corrected chi connectivity index (χ2v) is 5.60. The van der Waals surface area contributed by atoms with Gasteiger partial charge in [-0.2, -0.15) is 0 Å². The van der Waals surface area contributed by atoms with Crippen LogP contribution in [0.1, 0.15) is 44.0 Å². The van der Waals surface area contributed by atoms with Crippen LogP contribution in [-0.2, 0) is 4.74 Å². The Kier molecular flexibility index (Phi) is 5.48. The molecule has 0 aliphatic heterocycles. The van der Waals surface area contributed by atoms with Crippen LogP contribution in [0.15, 0.2) is 24.3 Å². The third-order valence-corrected chi connectivity index (χ3v) is 2.64. The highest BCUT2D eigenvalue weighted by Gasteiger charge is 2.10. The molecule has 0 fully saturated rings. The fraction of sp³-hybridized carbons (Fsp3) is 0.533. The van der Waals surface area contributed by atoms with Crippen LogP contribution in [0.2, 0.25) is 0 Å². The van der Waals surface area contributed by atoms with Crippen LogP contribution in [0.5, 0.6) is 0 Å². The van der Waals surface area contributed by atoms with E-state index in [1.165, 1.54) is 24.3 Å². The Morgan fingerprint density at radius 2 is 1.78 bits per heavy atom. The number of Topliss-reactive ketones (excluding diaryl/α,β-unsaturated/α-hetero) is 1. The molecule has 0 unspecified atom stereocenters. The zero-order valence-corrected chi connectivity index (χ0v) is 11.3. The molecule has 0 amide bonds. The first kappa shape index (κ1) is 14.8. The minimum Gasteiger partial charge on any atom is -0.381 e. The molecule has 2 nitrogen and oxygen atoms in total. The molecule has 1 aromatic rings. The first-order chi connectivity index (χ1) is 8.38. The van der Waals surface area contributed by atoms with Crippen molar-refractivity contribution in [3.05, 3.63) is 35.6 Å². The minimum atomic E-state index is -0.326. The van der Waals surface area contributed by atoms with E-state index in [1.54, 1.807) is 0 Å². The lowest BCUT2D eigenvalue weighted by Crippen LogP contribution is -2.11. The van der Waals surface area contributed by atoms with Gasteiger partial charge in [0.2, 0.25) is 0 Å². The molecule has 100 valence electrons. The van der Waals surface area contributed by atoms with Crippen molar-refractivity contribution in [1.29, 1.82) is 0 Å². The summed E-state index contributed by atoms with van der Waals surface area (Å²) in [6, 6.07) is 5.61. The first-order valence-corrected chi connectivity index (χ1v) is 6.25. The number of carbonyl (C=O) groups is 1. The fourth-order valence-electron chi connectivity index (χ4n) is 1.43.